The number of aromatic nitrogens is 1. The number of rotatable bonds is 3. The summed E-state index contributed by atoms with van der Waals surface area (Å²) in [6.45, 7) is 7.02. The molecule has 2 atom stereocenters. The Morgan fingerprint density at radius 2 is 2.08 bits per heavy atom. The summed E-state index contributed by atoms with van der Waals surface area (Å²) in [5.74, 6) is 0.476. The van der Waals surface area contributed by atoms with Crippen LogP contribution in [0.2, 0.25) is 0 Å². The molecule has 5 nitrogen and oxygen atoms in total. The molecule has 2 fully saturated rings. The number of nitrogens with zero attached hydrogens (tertiary/aromatic N) is 2. The molecule has 0 saturated heterocycles. The Balaban J connectivity index is 1.48. The third-order valence-corrected chi connectivity index (χ3v) is 8.36. The summed E-state index contributed by atoms with van der Waals surface area (Å²) in [6.07, 6.45) is 7.51. The largest absolute Gasteiger partial charge is 0.308 e. The van der Waals surface area contributed by atoms with Gasteiger partial charge in [0.1, 0.15) is 6.54 Å². The van der Waals surface area contributed by atoms with E-state index < -0.39 is 0 Å². The number of amides is 1. The third kappa shape index (κ3) is 2.52. The van der Waals surface area contributed by atoms with Crippen LogP contribution in [0.1, 0.15) is 63.4 Å². The molecule has 6 heteroatoms. The Kier molecular flexibility index (Phi) is 3.94. The fraction of sp³-hybridized carbons (Fsp3) is 0.737. The van der Waals surface area contributed by atoms with E-state index in [4.69, 9.17) is 0 Å². The zero-order valence-corrected chi connectivity index (χ0v) is 16.2. The molecule has 3 aliphatic carbocycles. The van der Waals surface area contributed by atoms with Gasteiger partial charge >= 0.3 is 4.87 Å². The first-order chi connectivity index (χ1) is 11.8. The molecule has 4 rings (SSSR count). The summed E-state index contributed by atoms with van der Waals surface area (Å²) >= 11 is 1.30. The number of fused-ring (bicyclic) bond motifs is 3. The molecule has 2 bridgehead atoms. The predicted molar refractivity (Wildman–Crippen MR) is 100 cm³/mol. The summed E-state index contributed by atoms with van der Waals surface area (Å²) in [5, 5.41) is 4.50. The number of carbonyl (C=O) groups is 1. The van der Waals surface area contributed by atoms with Crippen molar-refractivity contribution in [1.29, 1.82) is 0 Å². The fourth-order valence-electron chi connectivity index (χ4n) is 5.09. The van der Waals surface area contributed by atoms with E-state index >= 15 is 0 Å². The maximum absolute atomic E-state index is 12.4. The van der Waals surface area contributed by atoms with Crippen LogP contribution in [0.25, 0.3) is 0 Å². The minimum Gasteiger partial charge on any atom is -0.293 e. The average Bonchev–Trinajstić information content (AvgIpc) is 3.07. The number of thiazole rings is 1. The van der Waals surface area contributed by atoms with Gasteiger partial charge in [0.05, 0.1) is 0 Å². The van der Waals surface area contributed by atoms with Gasteiger partial charge in [0.2, 0.25) is 0 Å². The van der Waals surface area contributed by atoms with E-state index in [1.54, 1.807) is 4.57 Å². The van der Waals surface area contributed by atoms with Gasteiger partial charge in [-0.15, -0.1) is 0 Å². The van der Waals surface area contributed by atoms with E-state index in [9.17, 15) is 9.59 Å². The lowest BCUT2D eigenvalue weighted by atomic mass is 9.70. The molecule has 2 saturated carbocycles. The highest BCUT2D eigenvalue weighted by Gasteiger charge is 2.60. The number of carbonyl (C=O) groups excluding carboxylic acids is 1. The van der Waals surface area contributed by atoms with E-state index in [0.717, 1.165) is 54.8 Å². The van der Waals surface area contributed by atoms with Gasteiger partial charge < -0.3 is 0 Å². The van der Waals surface area contributed by atoms with Crippen LogP contribution in [0, 0.1) is 16.7 Å². The smallest absolute Gasteiger partial charge is 0.293 e. The highest BCUT2D eigenvalue weighted by Crippen LogP contribution is 2.63. The molecule has 25 heavy (non-hydrogen) atoms. The lowest BCUT2D eigenvalue weighted by Gasteiger charge is -2.34. The lowest BCUT2D eigenvalue weighted by Crippen LogP contribution is -2.35. The maximum Gasteiger partial charge on any atom is 0.308 e. The third-order valence-electron chi connectivity index (χ3n) is 7.28. The Morgan fingerprint density at radius 3 is 2.76 bits per heavy atom. The molecule has 0 spiro atoms. The van der Waals surface area contributed by atoms with Crippen molar-refractivity contribution < 1.29 is 4.79 Å². The number of nitrogens with one attached hydrogen (secondary N) is 1. The van der Waals surface area contributed by atoms with E-state index in [1.165, 1.54) is 17.8 Å². The molecule has 0 aliphatic heterocycles. The highest BCUT2D eigenvalue weighted by molar-refractivity contribution is 7.09. The van der Waals surface area contributed by atoms with Gasteiger partial charge in [-0.1, -0.05) is 32.1 Å². The first kappa shape index (κ1) is 17.0. The zero-order chi connectivity index (χ0) is 17.8. The molecule has 1 aromatic heterocycles. The molecular weight excluding hydrogens is 334 g/mol. The van der Waals surface area contributed by atoms with E-state index in [-0.39, 0.29) is 28.2 Å². The van der Waals surface area contributed by atoms with Crippen LogP contribution in [-0.2, 0) is 24.2 Å². The summed E-state index contributed by atoms with van der Waals surface area (Å²) in [7, 11) is 0. The number of hydrogen-bond acceptors (Lipinski definition) is 4. The predicted octanol–water partition coefficient (Wildman–Crippen LogP) is 3.11. The second-order valence-corrected chi connectivity index (χ2v) is 9.66. The Bertz CT molecular complexity index is 804. The van der Waals surface area contributed by atoms with Crippen molar-refractivity contribution in [3.8, 4) is 0 Å². The Morgan fingerprint density at radius 1 is 1.32 bits per heavy atom. The molecule has 136 valence electrons. The van der Waals surface area contributed by atoms with Crippen LogP contribution >= 0.6 is 11.3 Å². The van der Waals surface area contributed by atoms with E-state index in [2.05, 4.69) is 31.3 Å². The van der Waals surface area contributed by atoms with Crippen molar-refractivity contribution in [1.82, 2.24) is 9.99 Å². The van der Waals surface area contributed by atoms with Crippen molar-refractivity contribution in [3.05, 3.63) is 20.2 Å². The van der Waals surface area contributed by atoms with E-state index in [0.29, 0.717) is 5.92 Å². The fourth-order valence-corrected chi connectivity index (χ4v) is 6.17. The number of hydrogen-bond donors (Lipinski definition) is 1. The summed E-state index contributed by atoms with van der Waals surface area (Å²) < 4.78 is 1.65. The van der Waals surface area contributed by atoms with Gasteiger partial charge in [-0.05, 0) is 56.3 Å². The number of aryl methyl sites for hydroxylation is 1. The lowest BCUT2D eigenvalue weighted by molar-refractivity contribution is -0.121. The molecule has 0 radical (unpaired) electrons. The molecule has 1 heterocycles. The molecule has 1 aromatic rings. The molecule has 3 aliphatic rings. The molecule has 0 aromatic carbocycles. The van der Waals surface area contributed by atoms with Crippen LogP contribution in [0.15, 0.2) is 9.90 Å². The van der Waals surface area contributed by atoms with Crippen LogP contribution in [0.5, 0.6) is 0 Å². The molecule has 1 amide bonds. The van der Waals surface area contributed by atoms with Gasteiger partial charge in [0.15, 0.2) is 0 Å². The van der Waals surface area contributed by atoms with Crippen LogP contribution in [0.3, 0.4) is 0 Å². The monoisotopic (exact) mass is 361 g/mol. The van der Waals surface area contributed by atoms with E-state index in [1.807, 2.05) is 0 Å². The van der Waals surface area contributed by atoms with Crippen molar-refractivity contribution in [3.63, 3.8) is 0 Å². The van der Waals surface area contributed by atoms with Gasteiger partial charge in [-0.2, -0.15) is 5.10 Å². The highest BCUT2D eigenvalue weighted by atomic mass is 32.1. The van der Waals surface area contributed by atoms with Crippen molar-refractivity contribution in [2.45, 2.75) is 72.3 Å². The molecular formula is C19H27N3O2S. The maximum atomic E-state index is 12.4. The zero-order valence-electron chi connectivity index (χ0n) is 15.4. The second kappa shape index (κ2) is 5.79. The molecule has 1 N–H and O–H groups in total. The van der Waals surface area contributed by atoms with Gasteiger partial charge in [0, 0.05) is 21.7 Å². The SMILES string of the molecule is CC12CCC(C/C1=N\NC(=O)Cn1c3c(sc1=O)CCCC3)C2(C)C. The minimum absolute atomic E-state index is 0.0114. The standard InChI is InChI=1S/C19H27N3O2S/c1-18(2)12-8-9-19(18,3)15(10-12)20-21-16(23)11-22-13-6-4-5-7-14(13)25-17(22)24/h12H,4-11H2,1-3H3,(H,21,23)/b20-15+. The average molecular weight is 362 g/mol. The Labute approximate surface area is 152 Å². The van der Waals surface area contributed by atoms with Crippen LogP contribution in [-0.4, -0.2) is 16.2 Å². The van der Waals surface area contributed by atoms with Gasteiger partial charge in [-0.3, -0.25) is 14.2 Å². The van der Waals surface area contributed by atoms with Gasteiger partial charge in [-0.25, -0.2) is 5.43 Å². The number of hydrazone groups is 1. The topological polar surface area (TPSA) is 63.5 Å². The quantitative estimate of drug-likeness (QED) is 0.841. The molecule has 2 unspecified atom stereocenters. The normalized spacial score (nSPS) is 31.3. The van der Waals surface area contributed by atoms with Crippen molar-refractivity contribution in [2.75, 3.05) is 0 Å². The first-order valence-corrected chi connectivity index (χ1v) is 10.2. The second-order valence-electron chi connectivity index (χ2n) is 8.62. The van der Waals surface area contributed by atoms with Crippen molar-refractivity contribution in [2.24, 2.45) is 21.8 Å². The van der Waals surface area contributed by atoms with Crippen molar-refractivity contribution >= 4 is 23.0 Å². The minimum atomic E-state index is -0.190. The summed E-state index contributed by atoms with van der Waals surface area (Å²) in [4.78, 5) is 25.8. The van der Waals surface area contributed by atoms with Crippen LogP contribution < -0.4 is 10.3 Å². The summed E-state index contributed by atoms with van der Waals surface area (Å²) in [6, 6.07) is 0. The first-order valence-electron chi connectivity index (χ1n) is 9.40. The van der Waals surface area contributed by atoms with Gasteiger partial charge in [0.25, 0.3) is 5.91 Å². The summed E-state index contributed by atoms with van der Waals surface area (Å²) in [5.41, 5.74) is 5.27. The van der Waals surface area contributed by atoms with Crippen LogP contribution in [0.4, 0.5) is 0 Å². The Hall–Kier alpha value is -1.43.